The quantitative estimate of drug-likeness (QED) is 0.0625. The molecule has 24 nitrogen and oxygen atoms in total. The Labute approximate surface area is 420 Å². The number of hydrogen-bond acceptors (Lipinski definition) is 15. The first kappa shape index (κ1) is 59.2. The van der Waals surface area contributed by atoms with E-state index in [0.717, 1.165) is 10.8 Å². The summed E-state index contributed by atoms with van der Waals surface area (Å²) in [5.74, 6) is -9.16. The number of ether oxygens (including phenoxy) is 1. The van der Waals surface area contributed by atoms with Gasteiger partial charge < -0.3 is 69.8 Å². The number of hydrogen-bond donors (Lipinski definition) is 11. The summed E-state index contributed by atoms with van der Waals surface area (Å²) < 4.78 is 4.38. The summed E-state index contributed by atoms with van der Waals surface area (Å²) in [6.45, 7) is 6.71. The number of nitrogens with one attached hydrogen (secondary N) is 7. The molecule has 8 atom stereocenters. The minimum absolute atomic E-state index is 0.000514. The second-order valence-electron chi connectivity index (χ2n) is 18.1. The summed E-state index contributed by atoms with van der Waals surface area (Å²) in [7, 11) is 3.78. The van der Waals surface area contributed by atoms with Crippen LogP contribution in [0, 0.1) is 5.92 Å². The van der Waals surface area contributed by atoms with E-state index in [4.69, 9.17) is 27.7 Å². The highest BCUT2D eigenvalue weighted by molar-refractivity contribution is 8.77. The first-order valence-corrected chi connectivity index (χ1v) is 25.7. The fourth-order valence-electron chi connectivity index (χ4n) is 7.69. The molecule has 11 amide bonds. The fraction of sp³-hybridized carbons (Fsp3) is 0.622. The summed E-state index contributed by atoms with van der Waals surface area (Å²) in [6, 6.07) is -2.68. The Morgan fingerprint density at radius 1 is 0.859 bits per heavy atom. The van der Waals surface area contributed by atoms with Crippen LogP contribution in [0.5, 0.6) is 5.75 Å². The van der Waals surface area contributed by atoms with E-state index in [1.54, 1.807) is 52.0 Å². The fourth-order valence-corrected chi connectivity index (χ4v) is 10.4. The standard InChI is InChI=1S/C45H70N12O12S2/c1-6-24(2)37-43(67)53-28(15-16-33(47)58)39(63)54-30(20-34(48)59)40(64)55-31(44(68)57-18-8-10-32(57)42(66)52-27(9-7-17-46)38(62)50-22-35(49)60)23-70-71-45(3,4)21-36(61)51-29(41(65)56-37)19-25-11-13-26(69-5)14-12-25/h11-14,24,27-32,37H,6-10,15-23,46H2,1-5H3,(H2,47,58)(H2,48,59)(H2,49,60)(H,50,62)(H,51,61)(H,52,66)(H,53,67)(H,54,63)(H,55,64)(H,56,65)/t24?,27-,28?,29?,30?,31?,32-,37?/m0/s1. The van der Waals surface area contributed by atoms with Crippen LogP contribution in [0.4, 0.5) is 0 Å². The van der Waals surface area contributed by atoms with Gasteiger partial charge in [-0.2, -0.15) is 0 Å². The second kappa shape index (κ2) is 28.6. The monoisotopic (exact) mass is 1030 g/mol. The molecule has 3 rings (SSSR count). The van der Waals surface area contributed by atoms with Gasteiger partial charge in [-0.05, 0) is 76.1 Å². The van der Waals surface area contributed by atoms with E-state index in [9.17, 15) is 52.7 Å². The van der Waals surface area contributed by atoms with Crippen molar-refractivity contribution in [3.63, 3.8) is 0 Å². The number of amides is 11. The Hall–Kier alpha value is -6.15. The minimum Gasteiger partial charge on any atom is -0.497 e. The molecule has 2 saturated heterocycles. The van der Waals surface area contributed by atoms with E-state index in [0.29, 0.717) is 30.6 Å². The van der Waals surface area contributed by atoms with Crippen LogP contribution >= 0.6 is 21.6 Å². The number of nitrogens with two attached hydrogens (primary N) is 4. The van der Waals surface area contributed by atoms with Crippen LogP contribution < -0.4 is 64.9 Å². The van der Waals surface area contributed by atoms with Crippen molar-refractivity contribution < 1.29 is 57.5 Å². The molecule has 0 spiro atoms. The van der Waals surface area contributed by atoms with Crippen molar-refractivity contribution >= 4 is 86.6 Å². The highest BCUT2D eigenvalue weighted by Gasteiger charge is 2.41. The summed E-state index contributed by atoms with van der Waals surface area (Å²) in [4.78, 5) is 149. The molecule has 1 aromatic carbocycles. The molecular formula is C45H70N12O12S2. The molecule has 2 heterocycles. The summed E-state index contributed by atoms with van der Waals surface area (Å²) in [5.41, 5.74) is 22.5. The van der Waals surface area contributed by atoms with Gasteiger partial charge in [0.1, 0.15) is 48.0 Å². The van der Waals surface area contributed by atoms with Crippen LogP contribution in [0.2, 0.25) is 0 Å². The molecule has 0 radical (unpaired) electrons. The topological polar surface area (TPSA) is 389 Å². The molecule has 2 aliphatic heterocycles. The molecule has 26 heteroatoms. The van der Waals surface area contributed by atoms with Crippen molar-refractivity contribution in [3.05, 3.63) is 29.8 Å². The van der Waals surface area contributed by atoms with Crippen molar-refractivity contribution in [2.24, 2.45) is 28.9 Å². The van der Waals surface area contributed by atoms with E-state index in [2.05, 4.69) is 37.2 Å². The zero-order valence-electron chi connectivity index (χ0n) is 40.8. The summed E-state index contributed by atoms with van der Waals surface area (Å²) in [5, 5.41) is 18.2. The molecule has 0 bridgehead atoms. The third kappa shape index (κ3) is 19.5. The number of rotatable bonds is 19. The van der Waals surface area contributed by atoms with E-state index in [-0.39, 0.29) is 50.9 Å². The maximum Gasteiger partial charge on any atom is 0.246 e. The van der Waals surface area contributed by atoms with Crippen molar-refractivity contribution in [1.29, 1.82) is 0 Å². The average Bonchev–Trinajstić information content (AvgIpc) is 3.81. The predicted octanol–water partition coefficient (Wildman–Crippen LogP) is -2.77. The van der Waals surface area contributed by atoms with E-state index in [1.165, 1.54) is 22.8 Å². The SMILES string of the molecule is CCC(C)C1NC(=O)C(Cc2ccc(OC)cc2)NC(=O)CC(C)(C)SSCC(C(=O)N2CCC[C@H]2C(=O)N[C@@H](CCCN)C(=O)NCC(N)=O)NC(=O)C(CC(N)=O)NC(=O)C(CCC(N)=O)NC1=O. The highest BCUT2D eigenvalue weighted by atomic mass is 33.1. The van der Waals surface area contributed by atoms with E-state index < -0.39 is 137 Å². The first-order chi connectivity index (χ1) is 33.5. The molecule has 0 saturated carbocycles. The van der Waals surface area contributed by atoms with Crippen molar-refractivity contribution in [2.75, 3.05) is 32.5 Å². The molecule has 2 aliphatic rings. The van der Waals surface area contributed by atoms with E-state index in [1.807, 2.05) is 0 Å². The van der Waals surface area contributed by atoms with Crippen LogP contribution in [0.15, 0.2) is 24.3 Å². The van der Waals surface area contributed by atoms with Crippen molar-refractivity contribution in [1.82, 2.24) is 42.1 Å². The van der Waals surface area contributed by atoms with Gasteiger partial charge >= 0.3 is 0 Å². The van der Waals surface area contributed by atoms with Crippen LogP contribution in [0.25, 0.3) is 0 Å². The maximum absolute atomic E-state index is 14.6. The molecule has 6 unspecified atom stereocenters. The lowest BCUT2D eigenvalue weighted by atomic mass is 9.96. The lowest BCUT2D eigenvalue weighted by Crippen LogP contribution is -2.61. The molecule has 0 aromatic heterocycles. The Morgan fingerprint density at radius 2 is 1.51 bits per heavy atom. The van der Waals surface area contributed by atoms with Gasteiger partial charge in [0.05, 0.1) is 20.1 Å². The van der Waals surface area contributed by atoms with Gasteiger partial charge in [0, 0.05) is 36.3 Å². The largest absolute Gasteiger partial charge is 0.497 e. The second-order valence-corrected chi connectivity index (χ2v) is 21.1. The van der Waals surface area contributed by atoms with E-state index >= 15 is 0 Å². The molecule has 2 fully saturated rings. The molecule has 15 N–H and O–H groups in total. The highest BCUT2D eigenvalue weighted by Crippen LogP contribution is 2.39. The number of nitrogens with zero attached hydrogens (tertiary/aromatic N) is 1. The number of carbonyl (C=O) groups is 11. The average molecular weight is 1040 g/mol. The Balaban J connectivity index is 2.08. The third-order valence-electron chi connectivity index (χ3n) is 11.7. The number of benzene rings is 1. The predicted molar refractivity (Wildman–Crippen MR) is 264 cm³/mol. The number of carbonyl (C=O) groups excluding carboxylic acids is 11. The lowest BCUT2D eigenvalue weighted by molar-refractivity contribution is -0.142. The van der Waals surface area contributed by atoms with Gasteiger partial charge in [0.15, 0.2) is 0 Å². The molecule has 394 valence electrons. The van der Waals surface area contributed by atoms with Crippen LogP contribution in [0.3, 0.4) is 0 Å². The zero-order valence-corrected chi connectivity index (χ0v) is 42.4. The molecule has 71 heavy (non-hydrogen) atoms. The Bertz CT molecular complexity index is 2100. The van der Waals surface area contributed by atoms with Gasteiger partial charge in [-0.1, -0.05) is 54.0 Å². The van der Waals surface area contributed by atoms with Gasteiger partial charge in [-0.3, -0.25) is 52.7 Å². The Morgan fingerprint density at radius 3 is 2.11 bits per heavy atom. The van der Waals surface area contributed by atoms with Crippen molar-refractivity contribution in [3.8, 4) is 5.75 Å². The van der Waals surface area contributed by atoms with Gasteiger partial charge in [-0.25, -0.2) is 0 Å². The Kier molecular flexibility index (Phi) is 23.9. The summed E-state index contributed by atoms with van der Waals surface area (Å²) >= 11 is 0. The number of primary amides is 3. The maximum atomic E-state index is 14.6. The third-order valence-corrected chi connectivity index (χ3v) is 15.0. The smallest absolute Gasteiger partial charge is 0.246 e. The molecular weight excluding hydrogens is 965 g/mol. The van der Waals surface area contributed by atoms with Crippen LogP contribution in [-0.4, -0.2) is 149 Å². The first-order valence-electron chi connectivity index (χ1n) is 23.4. The van der Waals surface area contributed by atoms with Gasteiger partial charge in [0.25, 0.3) is 0 Å². The van der Waals surface area contributed by atoms with Crippen molar-refractivity contribution in [2.45, 2.75) is 139 Å². The van der Waals surface area contributed by atoms with Gasteiger partial charge in [-0.15, -0.1) is 0 Å². The van der Waals surface area contributed by atoms with Gasteiger partial charge in [0.2, 0.25) is 65.0 Å². The number of likely N-dealkylation sites (tertiary alicyclic amines) is 1. The van der Waals surface area contributed by atoms with Crippen LogP contribution in [0.1, 0.15) is 91.0 Å². The molecule has 1 aromatic rings. The number of methoxy groups -OCH3 is 1. The summed E-state index contributed by atoms with van der Waals surface area (Å²) in [6.07, 6.45) is -0.422. The lowest BCUT2D eigenvalue weighted by Gasteiger charge is -2.32. The molecule has 0 aliphatic carbocycles. The zero-order chi connectivity index (χ0) is 53.0. The minimum atomic E-state index is -1.74. The van der Waals surface area contributed by atoms with Crippen LogP contribution in [-0.2, 0) is 59.2 Å². The normalized spacial score (nSPS) is 23.5.